The maximum absolute atomic E-state index is 13.2. The number of hydrogen-bond donors (Lipinski definition) is 1. The molecule has 0 aromatic heterocycles. The lowest BCUT2D eigenvalue weighted by atomic mass is 9.89. The molecule has 2 aromatic carbocycles. The lowest BCUT2D eigenvalue weighted by Crippen LogP contribution is -2.44. The fraction of sp³-hybridized carbons (Fsp3) is 0.348. The van der Waals surface area contributed by atoms with Crippen molar-refractivity contribution < 1.29 is 14.4 Å². The zero-order valence-electron chi connectivity index (χ0n) is 16.4. The van der Waals surface area contributed by atoms with Crippen LogP contribution in [-0.4, -0.2) is 35.8 Å². The van der Waals surface area contributed by atoms with Crippen LogP contribution in [0.2, 0.25) is 0 Å². The van der Waals surface area contributed by atoms with Gasteiger partial charge in [0.25, 0.3) is 5.91 Å². The van der Waals surface area contributed by atoms with E-state index in [0.717, 1.165) is 47.4 Å². The molecule has 0 saturated carbocycles. The first-order valence-corrected chi connectivity index (χ1v) is 10.1. The molecule has 2 heterocycles. The Hall–Kier alpha value is -3.15. The van der Waals surface area contributed by atoms with Crippen molar-refractivity contribution in [3.63, 3.8) is 0 Å². The zero-order valence-corrected chi connectivity index (χ0v) is 16.4. The largest absolute Gasteiger partial charge is 0.325 e. The van der Waals surface area contributed by atoms with Gasteiger partial charge in [0.15, 0.2) is 0 Å². The van der Waals surface area contributed by atoms with Crippen molar-refractivity contribution in [2.45, 2.75) is 38.1 Å². The van der Waals surface area contributed by atoms with Gasteiger partial charge in [0, 0.05) is 12.2 Å². The van der Waals surface area contributed by atoms with Crippen LogP contribution in [-0.2, 0) is 34.4 Å². The molecule has 1 N–H and O–H groups in total. The van der Waals surface area contributed by atoms with E-state index < -0.39 is 11.6 Å². The minimum atomic E-state index is -1.14. The molecule has 2 aromatic rings. The topological polar surface area (TPSA) is 69.7 Å². The van der Waals surface area contributed by atoms with E-state index in [-0.39, 0.29) is 18.4 Å². The summed E-state index contributed by atoms with van der Waals surface area (Å²) in [7, 11) is 0. The zero-order chi connectivity index (χ0) is 20.2. The Bertz CT molecular complexity index is 1050. The first-order chi connectivity index (χ1) is 14.0. The van der Waals surface area contributed by atoms with E-state index >= 15 is 0 Å². The fourth-order valence-electron chi connectivity index (χ4n) is 4.74. The molecule has 0 bridgehead atoms. The summed E-state index contributed by atoms with van der Waals surface area (Å²) in [5.41, 5.74) is 4.17. The molecule has 2 aliphatic heterocycles. The van der Waals surface area contributed by atoms with Gasteiger partial charge in [0.1, 0.15) is 12.1 Å². The van der Waals surface area contributed by atoms with Crippen LogP contribution in [0.5, 0.6) is 0 Å². The second-order valence-corrected chi connectivity index (χ2v) is 8.21. The maximum Gasteiger partial charge on any atom is 0.325 e. The number of carbonyl (C=O) groups is 3. The number of fused-ring (bicyclic) bond motifs is 2. The van der Waals surface area contributed by atoms with Crippen LogP contribution in [0, 0.1) is 0 Å². The third-order valence-corrected chi connectivity index (χ3v) is 6.43. The number of nitrogens with one attached hydrogen (secondary N) is 1. The van der Waals surface area contributed by atoms with E-state index in [1.165, 1.54) is 11.1 Å². The first kappa shape index (κ1) is 17.9. The Morgan fingerprint density at radius 3 is 2.69 bits per heavy atom. The average Bonchev–Trinajstić information content (AvgIpc) is 3.41. The molecule has 3 aliphatic rings. The maximum atomic E-state index is 13.2. The molecule has 5 rings (SSSR count). The van der Waals surface area contributed by atoms with Crippen LogP contribution in [0.1, 0.15) is 35.6 Å². The molecular formula is C23H23N3O3. The number of imide groups is 1. The summed E-state index contributed by atoms with van der Waals surface area (Å²) in [6, 6.07) is 13.2. The van der Waals surface area contributed by atoms with Gasteiger partial charge in [0.05, 0.1) is 0 Å². The standard InChI is InChI=1S/C23H23N3O3/c1-23(18-10-9-15-6-4-7-17(15)13-18)21(28)26(22(29)24-23)14-20(27)25-12-11-16-5-2-3-8-19(16)25/h2-3,5,8-10,13H,4,6-7,11-12,14H2,1H3,(H,24,29)/t23-/m1/s1. The molecular weight excluding hydrogens is 366 g/mol. The van der Waals surface area contributed by atoms with Gasteiger partial charge in [-0.3, -0.25) is 14.5 Å². The highest BCUT2D eigenvalue weighted by Gasteiger charge is 2.50. The minimum Gasteiger partial charge on any atom is -0.319 e. The summed E-state index contributed by atoms with van der Waals surface area (Å²) in [5.74, 6) is -0.613. The van der Waals surface area contributed by atoms with E-state index in [1.807, 2.05) is 36.4 Å². The number of amides is 4. The number of nitrogens with zero attached hydrogens (tertiary/aromatic N) is 2. The van der Waals surface area contributed by atoms with Gasteiger partial charge >= 0.3 is 6.03 Å². The summed E-state index contributed by atoms with van der Waals surface area (Å²) >= 11 is 0. The number of urea groups is 1. The van der Waals surface area contributed by atoms with Gasteiger partial charge in [-0.25, -0.2) is 4.79 Å². The molecule has 0 spiro atoms. The number of benzene rings is 2. The molecule has 6 heteroatoms. The van der Waals surface area contributed by atoms with Gasteiger partial charge in [-0.1, -0.05) is 36.4 Å². The predicted molar refractivity (Wildman–Crippen MR) is 109 cm³/mol. The molecule has 4 amide bonds. The lowest BCUT2D eigenvalue weighted by Gasteiger charge is -2.24. The highest BCUT2D eigenvalue weighted by Crippen LogP contribution is 2.33. The third-order valence-electron chi connectivity index (χ3n) is 6.43. The minimum absolute atomic E-state index is 0.239. The van der Waals surface area contributed by atoms with E-state index in [0.29, 0.717) is 6.54 Å². The Morgan fingerprint density at radius 2 is 1.83 bits per heavy atom. The monoisotopic (exact) mass is 389 g/mol. The average molecular weight is 389 g/mol. The SMILES string of the molecule is C[C@]1(c2ccc3c(c2)CCC3)NC(=O)N(CC(=O)N2CCc3ccccc32)C1=O. The molecule has 6 nitrogen and oxygen atoms in total. The fourth-order valence-corrected chi connectivity index (χ4v) is 4.74. The molecule has 148 valence electrons. The first-order valence-electron chi connectivity index (χ1n) is 10.1. The van der Waals surface area contributed by atoms with Crippen molar-refractivity contribution in [1.29, 1.82) is 0 Å². The molecule has 1 atom stereocenters. The molecule has 1 fully saturated rings. The van der Waals surface area contributed by atoms with Crippen LogP contribution >= 0.6 is 0 Å². The molecule has 29 heavy (non-hydrogen) atoms. The van der Waals surface area contributed by atoms with Crippen molar-refractivity contribution in [3.8, 4) is 0 Å². The third kappa shape index (κ3) is 2.74. The predicted octanol–water partition coefficient (Wildman–Crippen LogP) is 2.53. The Morgan fingerprint density at radius 1 is 1.03 bits per heavy atom. The van der Waals surface area contributed by atoms with Gasteiger partial charge in [-0.05, 0) is 60.9 Å². The summed E-state index contributed by atoms with van der Waals surface area (Å²) < 4.78 is 0. The molecule has 1 aliphatic carbocycles. The van der Waals surface area contributed by atoms with Crippen LogP contribution in [0.25, 0.3) is 0 Å². The van der Waals surface area contributed by atoms with Gasteiger partial charge in [0.2, 0.25) is 5.91 Å². The van der Waals surface area contributed by atoms with Gasteiger partial charge in [-0.2, -0.15) is 0 Å². The summed E-state index contributed by atoms with van der Waals surface area (Å²) in [6.07, 6.45) is 3.96. The Kier molecular flexibility index (Phi) is 3.98. The van der Waals surface area contributed by atoms with E-state index in [1.54, 1.807) is 11.8 Å². The molecule has 0 radical (unpaired) electrons. The number of para-hydroxylation sites is 1. The van der Waals surface area contributed by atoms with Crippen molar-refractivity contribution >= 4 is 23.5 Å². The summed E-state index contributed by atoms with van der Waals surface area (Å²) in [6.45, 7) is 2.04. The number of rotatable bonds is 3. The molecule has 0 unspecified atom stereocenters. The van der Waals surface area contributed by atoms with Crippen molar-refractivity contribution in [1.82, 2.24) is 10.2 Å². The Balaban J connectivity index is 1.38. The van der Waals surface area contributed by atoms with Crippen molar-refractivity contribution in [2.24, 2.45) is 0 Å². The second kappa shape index (κ2) is 6.44. The lowest BCUT2D eigenvalue weighted by molar-refractivity contribution is -0.134. The number of hydrogen-bond acceptors (Lipinski definition) is 3. The highest BCUT2D eigenvalue weighted by atomic mass is 16.2. The van der Waals surface area contributed by atoms with Gasteiger partial charge < -0.3 is 10.2 Å². The normalized spacial score (nSPS) is 22.7. The highest BCUT2D eigenvalue weighted by molar-refractivity contribution is 6.10. The van der Waals surface area contributed by atoms with Crippen molar-refractivity contribution in [3.05, 3.63) is 64.7 Å². The van der Waals surface area contributed by atoms with Crippen LogP contribution in [0.15, 0.2) is 42.5 Å². The van der Waals surface area contributed by atoms with Crippen molar-refractivity contribution in [2.75, 3.05) is 18.0 Å². The van der Waals surface area contributed by atoms with E-state index in [9.17, 15) is 14.4 Å². The second-order valence-electron chi connectivity index (χ2n) is 8.21. The van der Waals surface area contributed by atoms with Crippen LogP contribution in [0.4, 0.5) is 10.5 Å². The van der Waals surface area contributed by atoms with E-state index in [4.69, 9.17) is 0 Å². The summed E-state index contributed by atoms with van der Waals surface area (Å²) in [4.78, 5) is 41.5. The van der Waals surface area contributed by atoms with Crippen LogP contribution < -0.4 is 10.2 Å². The Labute approximate surface area is 169 Å². The molecule has 1 saturated heterocycles. The van der Waals surface area contributed by atoms with Gasteiger partial charge in [-0.15, -0.1) is 0 Å². The van der Waals surface area contributed by atoms with E-state index in [2.05, 4.69) is 11.4 Å². The number of anilines is 1. The summed E-state index contributed by atoms with van der Waals surface area (Å²) in [5, 5.41) is 2.82. The number of carbonyl (C=O) groups excluding carboxylic acids is 3. The van der Waals surface area contributed by atoms with Crippen LogP contribution in [0.3, 0.4) is 0 Å². The number of aryl methyl sites for hydroxylation is 2. The smallest absolute Gasteiger partial charge is 0.319 e. The quantitative estimate of drug-likeness (QED) is 0.820.